The van der Waals surface area contributed by atoms with Crippen LogP contribution in [0.1, 0.15) is 34.8 Å². The summed E-state index contributed by atoms with van der Waals surface area (Å²) in [7, 11) is 0. The molecule has 2 atom stereocenters. The highest BCUT2D eigenvalue weighted by atomic mass is 79.9. The zero-order chi connectivity index (χ0) is 29.4. The molecule has 1 heterocycles. The van der Waals surface area contributed by atoms with Crippen molar-refractivity contribution in [1.82, 2.24) is 10.9 Å². The summed E-state index contributed by atoms with van der Waals surface area (Å²) < 4.78 is 13.1. The van der Waals surface area contributed by atoms with Gasteiger partial charge in [-0.1, -0.05) is 94.3 Å². The van der Waals surface area contributed by atoms with Crippen molar-refractivity contribution in [1.29, 1.82) is 0 Å². The summed E-state index contributed by atoms with van der Waals surface area (Å²) in [6.07, 6.45) is 0.115. The van der Waals surface area contributed by atoms with Gasteiger partial charge in [-0.3, -0.25) is 10.2 Å². The molecule has 1 aliphatic heterocycles. The number of aliphatic hydroxyl groups is 1. The second-order valence-electron chi connectivity index (χ2n) is 9.87. The number of halogens is 2. The normalized spacial score (nSPS) is 17.8. The molecule has 7 nitrogen and oxygen atoms in total. The van der Waals surface area contributed by atoms with E-state index in [1.807, 2.05) is 103 Å². The molecule has 0 radical (unpaired) electrons. The van der Waals surface area contributed by atoms with E-state index in [0.717, 1.165) is 21.2 Å². The Hall–Kier alpha value is -3.69. The Labute approximate surface area is 258 Å². The molecule has 0 aliphatic carbocycles. The fraction of sp³-hybridized carbons (Fsp3) is 0.212. The first-order valence-corrected chi connectivity index (χ1v) is 14.8. The largest absolute Gasteiger partial charge is 0.494 e. The van der Waals surface area contributed by atoms with E-state index < -0.39 is 11.6 Å². The average molecular weight is 649 g/mol. The van der Waals surface area contributed by atoms with Gasteiger partial charge in [-0.05, 0) is 47.5 Å². The predicted molar refractivity (Wildman–Crippen MR) is 167 cm³/mol. The number of rotatable bonds is 12. The standard InChI is InChI=1S/C33H31BrClN3O4/c34-28-13-6-5-12-27(28)30-33(21-23-9-2-1-3-10-23,32(40)38-36-22-25-11-4-7-14-29(25)35)37-31(42-30)24-15-17-26(18-16-24)41-20-8-19-39/h1-7,9-18,30,36,39H,8,19-22H2,(H,38,40)/t30-,33-/m0/s1. The molecule has 0 bridgehead atoms. The van der Waals surface area contributed by atoms with Gasteiger partial charge in [-0.25, -0.2) is 10.4 Å². The number of aliphatic imine (C=N–C) groups is 1. The highest BCUT2D eigenvalue weighted by molar-refractivity contribution is 9.10. The first-order chi connectivity index (χ1) is 20.5. The molecule has 0 fully saturated rings. The minimum Gasteiger partial charge on any atom is -0.494 e. The first-order valence-electron chi connectivity index (χ1n) is 13.7. The van der Waals surface area contributed by atoms with Crippen molar-refractivity contribution in [3.05, 3.63) is 135 Å². The molecule has 4 aromatic carbocycles. The molecule has 42 heavy (non-hydrogen) atoms. The van der Waals surface area contributed by atoms with Crippen molar-refractivity contribution < 1.29 is 19.4 Å². The van der Waals surface area contributed by atoms with Gasteiger partial charge in [0.05, 0.1) is 6.61 Å². The van der Waals surface area contributed by atoms with E-state index in [0.29, 0.717) is 48.2 Å². The zero-order valence-electron chi connectivity index (χ0n) is 22.8. The molecule has 3 N–H and O–H groups in total. The highest BCUT2D eigenvalue weighted by Crippen LogP contribution is 2.44. The van der Waals surface area contributed by atoms with E-state index in [-0.39, 0.29) is 12.5 Å². The van der Waals surface area contributed by atoms with Crippen LogP contribution in [0.3, 0.4) is 0 Å². The lowest BCUT2D eigenvalue weighted by Crippen LogP contribution is -2.53. The lowest BCUT2D eigenvalue weighted by molar-refractivity contribution is -0.130. The molecule has 216 valence electrons. The van der Waals surface area contributed by atoms with Crippen LogP contribution >= 0.6 is 27.5 Å². The van der Waals surface area contributed by atoms with Crippen LogP contribution in [0.4, 0.5) is 0 Å². The average Bonchev–Trinajstić information content (AvgIpc) is 3.39. The van der Waals surface area contributed by atoms with Crippen molar-refractivity contribution in [3.8, 4) is 5.75 Å². The van der Waals surface area contributed by atoms with Crippen LogP contribution in [0.5, 0.6) is 5.75 Å². The number of aliphatic hydroxyl groups excluding tert-OH is 1. The summed E-state index contributed by atoms with van der Waals surface area (Å²) in [4.78, 5) is 19.3. The minimum atomic E-state index is -1.34. The maximum atomic E-state index is 14.3. The van der Waals surface area contributed by atoms with Crippen molar-refractivity contribution in [2.24, 2.45) is 4.99 Å². The summed E-state index contributed by atoms with van der Waals surface area (Å²) >= 11 is 10.0. The van der Waals surface area contributed by atoms with Gasteiger partial charge in [0.15, 0.2) is 11.6 Å². The van der Waals surface area contributed by atoms with E-state index in [1.165, 1.54) is 0 Å². The third kappa shape index (κ3) is 6.85. The number of carbonyl (C=O) groups excluding carboxylic acids is 1. The second kappa shape index (κ2) is 14.0. The molecule has 5 rings (SSSR count). The number of carbonyl (C=O) groups is 1. The summed E-state index contributed by atoms with van der Waals surface area (Å²) in [5.41, 5.74) is 7.92. The fourth-order valence-electron chi connectivity index (χ4n) is 4.82. The maximum Gasteiger partial charge on any atom is 0.266 e. The molecule has 0 aromatic heterocycles. The Balaban J connectivity index is 1.51. The lowest BCUT2D eigenvalue weighted by Gasteiger charge is -2.31. The Bertz CT molecular complexity index is 1530. The molecular formula is C33H31BrClN3O4. The van der Waals surface area contributed by atoms with Gasteiger partial charge in [0, 0.05) is 46.6 Å². The Morgan fingerprint density at radius 3 is 2.43 bits per heavy atom. The second-order valence-corrected chi connectivity index (χ2v) is 11.1. The third-order valence-corrected chi connectivity index (χ3v) is 8.06. The smallest absolute Gasteiger partial charge is 0.266 e. The number of amides is 1. The third-order valence-electron chi connectivity index (χ3n) is 6.97. The number of hydrogen-bond acceptors (Lipinski definition) is 6. The van der Waals surface area contributed by atoms with Crippen molar-refractivity contribution in [2.45, 2.75) is 31.0 Å². The van der Waals surface area contributed by atoms with Crippen LogP contribution in [0.25, 0.3) is 0 Å². The number of benzene rings is 4. The number of hydrogen-bond donors (Lipinski definition) is 3. The number of hydrazine groups is 1. The quantitative estimate of drug-likeness (QED) is 0.126. The molecule has 0 unspecified atom stereocenters. The Morgan fingerprint density at radius 1 is 0.976 bits per heavy atom. The van der Waals surface area contributed by atoms with Gasteiger partial charge in [-0.2, -0.15) is 0 Å². The van der Waals surface area contributed by atoms with E-state index in [2.05, 4.69) is 26.8 Å². The molecule has 1 aliphatic rings. The number of nitrogens with zero attached hydrogens (tertiary/aromatic N) is 1. The van der Waals surface area contributed by atoms with Crippen LogP contribution in [-0.2, 0) is 22.5 Å². The van der Waals surface area contributed by atoms with Gasteiger partial charge in [0.25, 0.3) is 5.91 Å². The summed E-state index contributed by atoms with van der Waals surface area (Å²) in [5, 5.41) is 9.64. The van der Waals surface area contributed by atoms with Crippen molar-refractivity contribution in [3.63, 3.8) is 0 Å². The lowest BCUT2D eigenvalue weighted by atomic mass is 9.82. The maximum absolute atomic E-state index is 14.3. The molecule has 4 aromatic rings. The molecular weight excluding hydrogens is 618 g/mol. The van der Waals surface area contributed by atoms with Crippen molar-refractivity contribution in [2.75, 3.05) is 13.2 Å². The first kappa shape index (κ1) is 29.8. The van der Waals surface area contributed by atoms with Crippen LogP contribution in [0.15, 0.2) is 113 Å². The van der Waals surface area contributed by atoms with Gasteiger partial charge in [0.2, 0.25) is 5.90 Å². The SMILES string of the molecule is O=C(NNCc1ccccc1Cl)[C@@]1(Cc2ccccc2)N=C(c2ccc(OCCCO)cc2)O[C@H]1c1ccccc1Br. The van der Waals surface area contributed by atoms with Gasteiger partial charge in [0.1, 0.15) is 5.75 Å². The van der Waals surface area contributed by atoms with E-state index in [4.69, 9.17) is 31.2 Å². The number of ether oxygens (including phenoxy) is 2. The van der Waals surface area contributed by atoms with Gasteiger partial charge in [-0.15, -0.1) is 0 Å². The Morgan fingerprint density at radius 2 is 1.69 bits per heavy atom. The summed E-state index contributed by atoms with van der Waals surface area (Å²) in [6, 6.07) is 32.3. The van der Waals surface area contributed by atoms with E-state index in [1.54, 1.807) is 0 Å². The monoisotopic (exact) mass is 647 g/mol. The highest BCUT2D eigenvalue weighted by Gasteiger charge is 2.53. The van der Waals surface area contributed by atoms with Crippen LogP contribution < -0.4 is 15.6 Å². The zero-order valence-corrected chi connectivity index (χ0v) is 25.1. The van der Waals surface area contributed by atoms with E-state index in [9.17, 15) is 4.79 Å². The van der Waals surface area contributed by atoms with Gasteiger partial charge < -0.3 is 14.6 Å². The van der Waals surface area contributed by atoms with Crippen LogP contribution in [0, 0.1) is 0 Å². The molecule has 0 saturated heterocycles. The molecule has 9 heteroatoms. The number of nitrogens with one attached hydrogen (secondary N) is 2. The molecule has 0 spiro atoms. The van der Waals surface area contributed by atoms with Crippen LogP contribution in [0.2, 0.25) is 5.02 Å². The Kier molecular flexibility index (Phi) is 9.92. The summed E-state index contributed by atoms with van der Waals surface area (Å²) in [6.45, 7) is 0.818. The van der Waals surface area contributed by atoms with Crippen LogP contribution in [-0.4, -0.2) is 35.7 Å². The van der Waals surface area contributed by atoms with Gasteiger partial charge >= 0.3 is 0 Å². The predicted octanol–water partition coefficient (Wildman–Crippen LogP) is 6.18. The fourth-order valence-corrected chi connectivity index (χ4v) is 5.52. The topological polar surface area (TPSA) is 92.2 Å². The van der Waals surface area contributed by atoms with E-state index >= 15 is 0 Å². The summed E-state index contributed by atoms with van der Waals surface area (Å²) in [5.74, 6) is 0.693. The molecule has 0 saturated carbocycles. The minimum absolute atomic E-state index is 0.0674. The molecule has 1 amide bonds. The van der Waals surface area contributed by atoms with Crippen molar-refractivity contribution >= 4 is 39.3 Å².